The first kappa shape index (κ1) is 13.5. The van der Waals surface area contributed by atoms with E-state index in [1.165, 1.54) is 0 Å². The Kier molecular flexibility index (Phi) is 6.43. The van der Waals surface area contributed by atoms with Crippen molar-refractivity contribution < 1.29 is 9.47 Å². The summed E-state index contributed by atoms with van der Waals surface area (Å²) in [6.07, 6.45) is 0.313. The minimum absolute atomic E-state index is 0.313. The molecule has 0 spiro atoms. The Balaban J connectivity index is 2.25. The summed E-state index contributed by atoms with van der Waals surface area (Å²) in [7, 11) is 5.80. The van der Waals surface area contributed by atoms with Crippen LogP contribution in [0.15, 0.2) is 0 Å². The van der Waals surface area contributed by atoms with Crippen LogP contribution in [0.5, 0.6) is 0 Å². The number of methoxy groups -OCH3 is 1. The molecule has 1 aliphatic rings. The molecule has 0 bridgehead atoms. The monoisotopic (exact) mass is 226 g/mol. The Labute approximate surface area is 98.5 Å². The van der Waals surface area contributed by atoms with E-state index >= 15 is 0 Å². The molecule has 4 heteroatoms. The molecule has 0 saturated carbocycles. The van der Waals surface area contributed by atoms with Gasteiger partial charge in [-0.2, -0.15) is 0 Å². The first-order chi connectivity index (χ1) is 7.72. The van der Waals surface area contributed by atoms with Crippen LogP contribution in [0.3, 0.4) is 0 Å². The zero-order valence-electron chi connectivity index (χ0n) is 10.5. The second-order valence-corrected chi connectivity index (χ2v) is 4.28. The van der Waals surface area contributed by atoms with Gasteiger partial charge in [0.05, 0.1) is 19.3 Å². The lowest BCUT2D eigenvalue weighted by Gasteiger charge is -2.33. The Morgan fingerprint density at radius 3 is 2.94 bits per heavy atom. The molecule has 0 amide bonds. The van der Waals surface area contributed by atoms with Crippen molar-refractivity contribution in [2.75, 3.05) is 60.6 Å². The van der Waals surface area contributed by atoms with E-state index in [0.717, 1.165) is 32.8 Å². The number of rotatable bonds is 4. The van der Waals surface area contributed by atoms with Gasteiger partial charge >= 0.3 is 0 Å². The molecule has 0 aromatic carbocycles. The van der Waals surface area contributed by atoms with Gasteiger partial charge in [-0.3, -0.25) is 4.90 Å². The number of nitrogens with zero attached hydrogens (tertiary/aromatic N) is 2. The van der Waals surface area contributed by atoms with Gasteiger partial charge in [0.1, 0.15) is 6.61 Å². The topological polar surface area (TPSA) is 24.9 Å². The van der Waals surface area contributed by atoms with Crippen molar-refractivity contribution in [3.63, 3.8) is 0 Å². The summed E-state index contributed by atoms with van der Waals surface area (Å²) in [5.74, 6) is 6.08. The zero-order chi connectivity index (χ0) is 11.8. The standard InChI is InChI=1S/C12H22N2O2/c1-13(2)10-12-11-14(7-9-16-12)6-4-5-8-15-3/h12H,6-11H2,1-3H3. The SMILES string of the molecule is COCC#CCN1CCOC(CN(C)C)C1. The van der Waals surface area contributed by atoms with Gasteiger partial charge in [0.15, 0.2) is 0 Å². The van der Waals surface area contributed by atoms with Crippen molar-refractivity contribution in [2.45, 2.75) is 6.10 Å². The molecule has 1 aliphatic heterocycles. The van der Waals surface area contributed by atoms with E-state index in [9.17, 15) is 0 Å². The quantitative estimate of drug-likeness (QED) is 0.625. The number of hydrogen-bond donors (Lipinski definition) is 0. The molecule has 0 radical (unpaired) electrons. The van der Waals surface area contributed by atoms with Crippen molar-refractivity contribution in [1.82, 2.24) is 9.80 Å². The number of hydrogen-bond acceptors (Lipinski definition) is 4. The van der Waals surface area contributed by atoms with Crippen LogP contribution in [0.1, 0.15) is 0 Å². The van der Waals surface area contributed by atoms with E-state index < -0.39 is 0 Å². The molecule has 16 heavy (non-hydrogen) atoms. The third kappa shape index (κ3) is 5.47. The first-order valence-corrected chi connectivity index (χ1v) is 5.65. The summed E-state index contributed by atoms with van der Waals surface area (Å²) in [5, 5.41) is 0. The summed E-state index contributed by atoms with van der Waals surface area (Å²) >= 11 is 0. The summed E-state index contributed by atoms with van der Waals surface area (Å²) in [5.41, 5.74) is 0. The Morgan fingerprint density at radius 2 is 2.25 bits per heavy atom. The van der Waals surface area contributed by atoms with Crippen LogP contribution >= 0.6 is 0 Å². The van der Waals surface area contributed by atoms with Crippen molar-refractivity contribution in [3.8, 4) is 11.8 Å². The van der Waals surface area contributed by atoms with Crippen LogP contribution < -0.4 is 0 Å². The number of ether oxygens (including phenoxy) is 2. The van der Waals surface area contributed by atoms with Gasteiger partial charge in [-0.05, 0) is 14.1 Å². The maximum Gasteiger partial charge on any atom is 0.107 e. The van der Waals surface area contributed by atoms with Crippen LogP contribution in [-0.4, -0.2) is 76.5 Å². The number of morpholine rings is 1. The molecule has 1 saturated heterocycles. The van der Waals surface area contributed by atoms with Gasteiger partial charge in [0.25, 0.3) is 0 Å². The molecular weight excluding hydrogens is 204 g/mol. The minimum atomic E-state index is 0.313. The average molecular weight is 226 g/mol. The molecule has 1 rings (SSSR count). The summed E-state index contributed by atoms with van der Waals surface area (Å²) < 4.78 is 10.6. The molecule has 0 N–H and O–H groups in total. The Morgan fingerprint density at radius 1 is 1.44 bits per heavy atom. The average Bonchev–Trinajstić information content (AvgIpc) is 2.24. The van der Waals surface area contributed by atoms with Gasteiger partial charge in [-0.15, -0.1) is 0 Å². The maximum absolute atomic E-state index is 5.69. The fourth-order valence-electron chi connectivity index (χ4n) is 1.73. The van der Waals surface area contributed by atoms with Crippen molar-refractivity contribution >= 4 is 0 Å². The van der Waals surface area contributed by atoms with Gasteiger partial charge < -0.3 is 14.4 Å². The normalized spacial score (nSPS) is 21.9. The fourth-order valence-corrected chi connectivity index (χ4v) is 1.73. The molecule has 1 unspecified atom stereocenters. The predicted octanol–water partition coefficient (Wildman–Crippen LogP) is -0.101. The molecular formula is C12H22N2O2. The highest BCUT2D eigenvalue weighted by atomic mass is 16.5. The van der Waals surface area contributed by atoms with E-state index in [4.69, 9.17) is 9.47 Å². The smallest absolute Gasteiger partial charge is 0.107 e. The van der Waals surface area contributed by atoms with Gasteiger partial charge in [0.2, 0.25) is 0 Å². The van der Waals surface area contributed by atoms with Crippen LogP contribution in [-0.2, 0) is 9.47 Å². The highest BCUT2D eigenvalue weighted by molar-refractivity contribution is 5.01. The molecule has 0 aromatic rings. The van der Waals surface area contributed by atoms with Gasteiger partial charge in [-0.25, -0.2) is 0 Å². The van der Waals surface area contributed by atoms with E-state index in [2.05, 4.69) is 35.7 Å². The van der Waals surface area contributed by atoms with Crippen LogP contribution in [0.2, 0.25) is 0 Å². The molecule has 92 valence electrons. The van der Waals surface area contributed by atoms with Crippen molar-refractivity contribution in [2.24, 2.45) is 0 Å². The maximum atomic E-state index is 5.69. The Hall–Kier alpha value is -0.600. The third-order valence-corrected chi connectivity index (χ3v) is 2.44. The van der Waals surface area contributed by atoms with E-state index in [-0.39, 0.29) is 0 Å². The van der Waals surface area contributed by atoms with E-state index in [1.807, 2.05) is 0 Å². The summed E-state index contributed by atoms with van der Waals surface area (Å²) in [4.78, 5) is 4.49. The first-order valence-electron chi connectivity index (χ1n) is 5.65. The highest BCUT2D eigenvalue weighted by Gasteiger charge is 2.19. The summed E-state index contributed by atoms with van der Waals surface area (Å²) in [6.45, 7) is 5.07. The van der Waals surface area contributed by atoms with Crippen molar-refractivity contribution in [3.05, 3.63) is 0 Å². The fraction of sp³-hybridized carbons (Fsp3) is 0.833. The molecule has 1 fully saturated rings. The van der Waals surface area contributed by atoms with E-state index in [0.29, 0.717) is 12.7 Å². The highest BCUT2D eigenvalue weighted by Crippen LogP contribution is 2.05. The van der Waals surface area contributed by atoms with Crippen molar-refractivity contribution in [1.29, 1.82) is 0 Å². The van der Waals surface area contributed by atoms with Gasteiger partial charge in [-0.1, -0.05) is 11.8 Å². The number of likely N-dealkylation sites (N-methyl/N-ethyl adjacent to an activating group) is 1. The summed E-state index contributed by atoms with van der Waals surface area (Å²) in [6, 6.07) is 0. The van der Waals surface area contributed by atoms with Crippen LogP contribution in [0.4, 0.5) is 0 Å². The van der Waals surface area contributed by atoms with Crippen LogP contribution in [0.25, 0.3) is 0 Å². The second-order valence-electron chi connectivity index (χ2n) is 4.28. The van der Waals surface area contributed by atoms with Crippen LogP contribution in [0, 0.1) is 11.8 Å². The molecule has 0 aliphatic carbocycles. The predicted molar refractivity (Wildman–Crippen MR) is 64.4 cm³/mol. The second kappa shape index (κ2) is 7.64. The van der Waals surface area contributed by atoms with Gasteiger partial charge in [0, 0.05) is 26.7 Å². The molecule has 0 aromatic heterocycles. The lowest BCUT2D eigenvalue weighted by Crippen LogP contribution is -2.46. The Bertz CT molecular complexity index is 245. The molecule has 1 atom stereocenters. The zero-order valence-corrected chi connectivity index (χ0v) is 10.5. The lowest BCUT2D eigenvalue weighted by atomic mass is 10.2. The lowest BCUT2D eigenvalue weighted by molar-refractivity contribution is -0.0338. The van der Waals surface area contributed by atoms with E-state index in [1.54, 1.807) is 7.11 Å². The minimum Gasteiger partial charge on any atom is -0.374 e. The third-order valence-electron chi connectivity index (χ3n) is 2.44. The molecule has 4 nitrogen and oxygen atoms in total. The largest absolute Gasteiger partial charge is 0.374 e. The molecule has 1 heterocycles.